The zero-order valence-electron chi connectivity index (χ0n) is 11.5. The number of carboxylic acids is 1. The number of aliphatic carboxylic acids is 1. The van der Waals surface area contributed by atoms with Crippen LogP contribution in [0.1, 0.15) is 45.4 Å². The molecule has 2 fully saturated rings. The van der Waals surface area contributed by atoms with Crippen LogP contribution in [0, 0.1) is 11.8 Å². The van der Waals surface area contributed by atoms with Gasteiger partial charge in [0.1, 0.15) is 0 Å². The molecule has 2 aliphatic rings. The molecule has 0 aromatic heterocycles. The predicted molar refractivity (Wildman–Crippen MR) is 69.5 cm³/mol. The second-order valence-electron chi connectivity index (χ2n) is 6.00. The Balaban J connectivity index is 1.94. The topological polar surface area (TPSA) is 77.8 Å². The van der Waals surface area contributed by atoms with Crippen molar-refractivity contribution < 1.29 is 19.8 Å². The van der Waals surface area contributed by atoms with Crippen LogP contribution < -0.4 is 0 Å². The number of likely N-dealkylation sites (tertiary alicyclic amines) is 1. The maximum Gasteiger partial charge on any atom is 0.307 e. The van der Waals surface area contributed by atoms with E-state index in [0.29, 0.717) is 32.4 Å². The fraction of sp³-hybridized carbons (Fsp3) is 0.857. The standard InChI is InChI=1S/C14H23NO4/c1-2-7-14(19)8-15(9-14)12(16)10-5-3-4-6-11(10)13(17)18/h10-11,19H,2-9H2,1H3,(H,17,18). The van der Waals surface area contributed by atoms with E-state index in [1.807, 2.05) is 6.92 Å². The van der Waals surface area contributed by atoms with E-state index in [4.69, 9.17) is 0 Å². The Labute approximate surface area is 113 Å². The van der Waals surface area contributed by atoms with Gasteiger partial charge in [-0.05, 0) is 19.3 Å². The quantitative estimate of drug-likeness (QED) is 0.805. The van der Waals surface area contributed by atoms with Crippen LogP contribution in [0.25, 0.3) is 0 Å². The molecule has 108 valence electrons. The van der Waals surface area contributed by atoms with E-state index in [0.717, 1.165) is 19.3 Å². The van der Waals surface area contributed by atoms with E-state index in [1.165, 1.54) is 0 Å². The molecule has 1 aliphatic heterocycles. The van der Waals surface area contributed by atoms with E-state index >= 15 is 0 Å². The molecule has 0 radical (unpaired) electrons. The van der Waals surface area contributed by atoms with Gasteiger partial charge in [0.05, 0.1) is 30.5 Å². The molecular formula is C14H23NO4. The third-order valence-electron chi connectivity index (χ3n) is 4.40. The number of hydrogen-bond acceptors (Lipinski definition) is 3. The Morgan fingerprint density at radius 3 is 2.32 bits per heavy atom. The largest absolute Gasteiger partial charge is 0.481 e. The molecule has 2 N–H and O–H groups in total. The molecule has 1 saturated heterocycles. The Morgan fingerprint density at radius 2 is 1.79 bits per heavy atom. The van der Waals surface area contributed by atoms with Crippen LogP contribution in [0.2, 0.25) is 0 Å². The summed E-state index contributed by atoms with van der Waals surface area (Å²) in [4.78, 5) is 25.2. The summed E-state index contributed by atoms with van der Waals surface area (Å²) < 4.78 is 0. The monoisotopic (exact) mass is 269 g/mol. The van der Waals surface area contributed by atoms with Crippen molar-refractivity contribution in [2.45, 2.75) is 51.0 Å². The van der Waals surface area contributed by atoms with Gasteiger partial charge in [-0.25, -0.2) is 0 Å². The first-order valence-corrected chi connectivity index (χ1v) is 7.21. The van der Waals surface area contributed by atoms with Crippen molar-refractivity contribution in [3.63, 3.8) is 0 Å². The summed E-state index contributed by atoms with van der Waals surface area (Å²) >= 11 is 0. The minimum atomic E-state index is -0.859. The van der Waals surface area contributed by atoms with Crippen LogP contribution >= 0.6 is 0 Å². The van der Waals surface area contributed by atoms with Crippen molar-refractivity contribution in [1.29, 1.82) is 0 Å². The lowest BCUT2D eigenvalue weighted by molar-refractivity contribution is -0.167. The highest BCUT2D eigenvalue weighted by molar-refractivity contribution is 5.85. The van der Waals surface area contributed by atoms with Gasteiger partial charge in [0.15, 0.2) is 0 Å². The van der Waals surface area contributed by atoms with Gasteiger partial charge >= 0.3 is 5.97 Å². The summed E-state index contributed by atoms with van der Waals surface area (Å²) in [5.74, 6) is -1.87. The summed E-state index contributed by atoms with van der Waals surface area (Å²) in [5, 5.41) is 19.3. The molecule has 0 bridgehead atoms. The number of amides is 1. The molecule has 0 aromatic carbocycles. The van der Waals surface area contributed by atoms with Gasteiger partial charge in [0, 0.05) is 0 Å². The molecule has 5 heteroatoms. The van der Waals surface area contributed by atoms with Gasteiger partial charge in [0.25, 0.3) is 0 Å². The summed E-state index contributed by atoms with van der Waals surface area (Å²) in [6.07, 6.45) is 4.66. The number of carbonyl (C=O) groups excluding carboxylic acids is 1. The first-order valence-electron chi connectivity index (χ1n) is 7.21. The molecule has 1 heterocycles. The fourth-order valence-electron chi connectivity index (χ4n) is 3.40. The molecule has 1 aliphatic carbocycles. The number of hydrogen-bond donors (Lipinski definition) is 2. The van der Waals surface area contributed by atoms with Gasteiger partial charge in [-0.3, -0.25) is 9.59 Å². The Kier molecular flexibility index (Phi) is 4.13. The van der Waals surface area contributed by atoms with Crippen LogP contribution in [0.5, 0.6) is 0 Å². The average Bonchev–Trinajstić information content (AvgIpc) is 2.35. The lowest BCUT2D eigenvalue weighted by Crippen LogP contribution is -2.65. The molecule has 0 aromatic rings. The Bertz CT molecular complexity index is 362. The van der Waals surface area contributed by atoms with Crippen LogP contribution in [0.4, 0.5) is 0 Å². The van der Waals surface area contributed by atoms with Crippen LogP contribution in [-0.4, -0.2) is 45.7 Å². The normalized spacial score (nSPS) is 29.7. The third kappa shape index (κ3) is 2.91. The molecule has 2 rings (SSSR count). The minimum Gasteiger partial charge on any atom is -0.481 e. The number of carboxylic acid groups (broad SMARTS) is 1. The first kappa shape index (κ1) is 14.3. The van der Waals surface area contributed by atoms with Crippen LogP contribution in [0.15, 0.2) is 0 Å². The summed E-state index contributed by atoms with van der Waals surface area (Å²) in [5.41, 5.74) is -0.738. The molecule has 1 saturated carbocycles. The van der Waals surface area contributed by atoms with E-state index in [2.05, 4.69) is 0 Å². The van der Waals surface area contributed by atoms with E-state index in [1.54, 1.807) is 4.90 Å². The SMILES string of the molecule is CCCC1(O)CN(C(=O)C2CCCCC2C(=O)O)C1. The van der Waals surface area contributed by atoms with E-state index in [-0.39, 0.29) is 5.91 Å². The average molecular weight is 269 g/mol. The van der Waals surface area contributed by atoms with Crippen molar-refractivity contribution in [3.8, 4) is 0 Å². The van der Waals surface area contributed by atoms with Gasteiger partial charge in [0.2, 0.25) is 5.91 Å². The molecule has 5 nitrogen and oxygen atoms in total. The molecule has 2 unspecified atom stereocenters. The van der Waals surface area contributed by atoms with E-state index < -0.39 is 23.4 Å². The number of aliphatic hydroxyl groups is 1. The van der Waals surface area contributed by atoms with Crippen LogP contribution in [-0.2, 0) is 9.59 Å². The number of rotatable bonds is 4. The van der Waals surface area contributed by atoms with Crippen molar-refractivity contribution in [1.82, 2.24) is 4.90 Å². The highest BCUT2D eigenvalue weighted by atomic mass is 16.4. The minimum absolute atomic E-state index is 0.0760. The molecule has 0 spiro atoms. The third-order valence-corrected chi connectivity index (χ3v) is 4.40. The smallest absolute Gasteiger partial charge is 0.307 e. The zero-order valence-corrected chi connectivity index (χ0v) is 11.5. The molecule has 2 atom stereocenters. The fourth-order valence-corrected chi connectivity index (χ4v) is 3.40. The van der Waals surface area contributed by atoms with Gasteiger partial charge in [-0.15, -0.1) is 0 Å². The van der Waals surface area contributed by atoms with Crippen LogP contribution in [0.3, 0.4) is 0 Å². The lowest BCUT2D eigenvalue weighted by Gasteiger charge is -2.48. The second-order valence-corrected chi connectivity index (χ2v) is 6.00. The highest BCUT2D eigenvalue weighted by Crippen LogP contribution is 2.35. The first-order chi connectivity index (χ1) is 8.97. The summed E-state index contributed by atoms with van der Waals surface area (Å²) in [6.45, 7) is 2.73. The number of carbonyl (C=O) groups is 2. The molecule has 1 amide bonds. The lowest BCUT2D eigenvalue weighted by atomic mass is 9.77. The number of β-amino-alcohol motifs (C(OH)–C–C–N with tert-alkyl or cyclic N) is 1. The summed E-state index contributed by atoms with van der Waals surface area (Å²) in [6, 6.07) is 0. The molecular weight excluding hydrogens is 246 g/mol. The Morgan fingerprint density at radius 1 is 1.21 bits per heavy atom. The maximum absolute atomic E-state index is 12.3. The van der Waals surface area contributed by atoms with Gasteiger partial charge < -0.3 is 15.1 Å². The van der Waals surface area contributed by atoms with Crippen molar-refractivity contribution in [3.05, 3.63) is 0 Å². The van der Waals surface area contributed by atoms with Crippen molar-refractivity contribution in [2.75, 3.05) is 13.1 Å². The van der Waals surface area contributed by atoms with E-state index in [9.17, 15) is 19.8 Å². The second kappa shape index (κ2) is 5.49. The van der Waals surface area contributed by atoms with Gasteiger partial charge in [-0.1, -0.05) is 26.2 Å². The predicted octanol–water partition coefficient (Wildman–Crippen LogP) is 1.25. The zero-order chi connectivity index (χ0) is 14.0. The van der Waals surface area contributed by atoms with Gasteiger partial charge in [-0.2, -0.15) is 0 Å². The van der Waals surface area contributed by atoms with Crippen molar-refractivity contribution in [2.24, 2.45) is 11.8 Å². The Hall–Kier alpha value is -1.10. The maximum atomic E-state index is 12.3. The van der Waals surface area contributed by atoms with Crippen molar-refractivity contribution >= 4 is 11.9 Å². The molecule has 19 heavy (non-hydrogen) atoms. The highest BCUT2D eigenvalue weighted by Gasteiger charge is 2.46. The number of nitrogens with zero attached hydrogens (tertiary/aromatic N) is 1. The summed E-state index contributed by atoms with van der Waals surface area (Å²) in [7, 11) is 0.